The number of carbonyl (C=O) groups excluding carboxylic acids is 3. The number of para-hydroxylation sites is 1. The van der Waals surface area contributed by atoms with Crippen LogP contribution in [0.5, 0.6) is 0 Å². The summed E-state index contributed by atoms with van der Waals surface area (Å²) >= 11 is 1.33. The number of aromatic nitrogens is 1. The highest BCUT2D eigenvalue weighted by Crippen LogP contribution is 2.29. The van der Waals surface area contributed by atoms with E-state index in [1.165, 1.54) is 18.3 Å². The van der Waals surface area contributed by atoms with Crippen LogP contribution < -0.4 is 15.5 Å². The molecule has 0 bridgehead atoms. The van der Waals surface area contributed by atoms with Gasteiger partial charge in [-0.05, 0) is 24.3 Å². The molecule has 30 heavy (non-hydrogen) atoms. The third-order valence-corrected chi connectivity index (χ3v) is 5.56. The predicted octanol–water partition coefficient (Wildman–Crippen LogP) is 3.76. The third-order valence-electron chi connectivity index (χ3n) is 4.80. The lowest BCUT2D eigenvalue weighted by Crippen LogP contribution is -2.28. The molecule has 7 nitrogen and oxygen atoms in total. The second-order valence-electron chi connectivity index (χ2n) is 7.03. The highest BCUT2D eigenvalue weighted by molar-refractivity contribution is 7.14. The van der Waals surface area contributed by atoms with Crippen molar-refractivity contribution in [2.45, 2.75) is 13.3 Å². The highest BCUT2D eigenvalue weighted by Gasteiger charge is 2.35. The monoisotopic (exact) mass is 420 g/mol. The fourth-order valence-corrected chi connectivity index (χ4v) is 4.06. The minimum atomic E-state index is -0.415. The normalized spacial score (nSPS) is 15.8. The van der Waals surface area contributed by atoms with Crippen LogP contribution in [-0.2, 0) is 14.4 Å². The molecule has 1 atom stereocenters. The lowest BCUT2D eigenvalue weighted by Gasteiger charge is -2.16. The molecule has 1 saturated heterocycles. The fourth-order valence-electron chi connectivity index (χ4n) is 3.34. The van der Waals surface area contributed by atoms with Gasteiger partial charge in [-0.1, -0.05) is 30.3 Å². The first-order valence-corrected chi connectivity index (χ1v) is 10.4. The van der Waals surface area contributed by atoms with Gasteiger partial charge in [0.1, 0.15) is 0 Å². The van der Waals surface area contributed by atoms with Crippen molar-refractivity contribution in [3.05, 3.63) is 60.0 Å². The van der Waals surface area contributed by atoms with Crippen LogP contribution in [0.25, 0.3) is 11.3 Å². The van der Waals surface area contributed by atoms with Crippen LogP contribution >= 0.6 is 11.3 Å². The molecular weight excluding hydrogens is 400 g/mol. The number of benzene rings is 2. The molecule has 8 heteroatoms. The second kappa shape index (κ2) is 8.46. The number of carbonyl (C=O) groups is 3. The maximum atomic E-state index is 12.7. The summed E-state index contributed by atoms with van der Waals surface area (Å²) in [6, 6.07) is 16.7. The van der Waals surface area contributed by atoms with Gasteiger partial charge in [0.05, 0.1) is 11.6 Å². The molecule has 1 aromatic heterocycles. The van der Waals surface area contributed by atoms with E-state index >= 15 is 0 Å². The number of amides is 3. The first-order valence-electron chi connectivity index (χ1n) is 9.49. The SMILES string of the molecule is CC(=O)Nc1ccc(-c2csc(NC(=O)C3CC(=O)N(c4ccccc4)C3)n2)cc1. The summed E-state index contributed by atoms with van der Waals surface area (Å²) in [7, 11) is 0. The molecular formula is C22H20N4O3S. The molecule has 1 unspecified atom stereocenters. The maximum Gasteiger partial charge on any atom is 0.231 e. The molecule has 3 amide bonds. The molecule has 1 aliphatic heterocycles. The first-order chi connectivity index (χ1) is 14.5. The number of hydrogen-bond acceptors (Lipinski definition) is 5. The van der Waals surface area contributed by atoms with Crippen molar-refractivity contribution in [3.8, 4) is 11.3 Å². The third kappa shape index (κ3) is 4.38. The Morgan fingerprint density at radius 3 is 2.50 bits per heavy atom. The van der Waals surface area contributed by atoms with Gasteiger partial charge in [-0.15, -0.1) is 11.3 Å². The molecule has 3 aromatic rings. The molecule has 4 rings (SSSR count). The molecule has 2 heterocycles. The minimum Gasteiger partial charge on any atom is -0.326 e. The zero-order valence-corrected chi connectivity index (χ0v) is 17.1. The van der Waals surface area contributed by atoms with E-state index in [9.17, 15) is 14.4 Å². The molecule has 0 spiro atoms. The smallest absolute Gasteiger partial charge is 0.231 e. The van der Waals surface area contributed by atoms with Crippen molar-refractivity contribution in [1.82, 2.24) is 4.98 Å². The van der Waals surface area contributed by atoms with Gasteiger partial charge >= 0.3 is 0 Å². The van der Waals surface area contributed by atoms with Crippen LogP contribution in [0, 0.1) is 5.92 Å². The van der Waals surface area contributed by atoms with Crippen molar-refractivity contribution in [2.24, 2.45) is 5.92 Å². The number of anilines is 3. The van der Waals surface area contributed by atoms with Crippen LogP contribution in [0.1, 0.15) is 13.3 Å². The van der Waals surface area contributed by atoms with Crippen molar-refractivity contribution >= 4 is 45.6 Å². The van der Waals surface area contributed by atoms with E-state index < -0.39 is 5.92 Å². The van der Waals surface area contributed by atoms with Crippen molar-refractivity contribution in [3.63, 3.8) is 0 Å². The van der Waals surface area contributed by atoms with E-state index in [2.05, 4.69) is 15.6 Å². The van der Waals surface area contributed by atoms with Crippen LogP contribution in [0.4, 0.5) is 16.5 Å². The Kier molecular flexibility index (Phi) is 5.58. The van der Waals surface area contributed by atoms with E-state index in [1.807, 2.05) is 47.8 Å². The summed E-state index contributed by atoms with van der Waals surface area (Å²) in [5, 5.41) is 7.91. The van der Waals surface area contributed by atoms with Gasteiger partial charge in [-0.25, -0.2) is 4.98 Å². The molecule has 0 radical (unpaired) electrons. The van der Waals surface area contributed by atoms with Crippen LogP contribution in [0.2, 0.25) is 0 Å². The topological polar surface area (TPSA) is 91.4 Å². The number of thiazole rings is 1. The van der Waals surface area contributed by atoms with E-state index in [0.717, 1.165) is 16.9 Å². The second-order valence-corrected chi connectivity index (χ2v) is 7.88. The van der Waals surface area contributed by atoms with Gasteiger partial charge < -0.3 is 15.5 Å². The average Bonchev–Trinajstić information content (AvgIpc) is 3.35. The molecule has 1 fully saturated rings. The van der Waals surface area contributed by atoms with Gasteiger partial charge in [-0.3, -0.25) is 14.4 Å². The molecule has 0 saturated carbocycles. The zero-order chi connectivity index (χ0) is 21.1. The van der Waals surface area contributed by atoms with E-state index in [4.69, 9.17) is 0 Å². The lowest BCUT2D eigenvalue weighted by atomic mass is 10.1. The van der Waals surface area contributed by atoms with E-state index in [-0.39, 0.29) is 24.1 Å². The van der Waals surface area contributed by atoms with Gasteiger partial charge in [0.2, 0.25) is 17.7 Å². The summed E-state index contributed by atoms with van der Waals surface area (Å²) in [5.74, 6) is -0.802. The van der Waals surface area contributed by atoms with E-state index in [1.54, 1.807) is 17.0 Å². The van der Waals surface area contributed by atoms with Gasteiger partial charge in [0.15, 0.2) is 5.13 Å². The Labute approximate surface area is 177 Å². The van der Waals surface area contributed by atoms with Crippen molar-refractivity contribution in [1.29, 1.82) is 0 Å². The Hall–Kier alpha value is -3.52. The predicted molar refractivity (Wildman–Crippen MR) is 117 cm³/mol. The summed E-state index contributed by atoms with van der Waals surface area (Å²) in [4.78, 5) is 42.2. The maximum absolute atomic E-state index is 12.7. The van der Waals surface area contributed by atoms with Gasteiger partial charge in [0.25, 0.3) is 0 Å². The number of hydrogen-bond donors (Lipinski definition) is 2. The summed E-state index contributed by atoms with van der Waals surface area (Å²) in [6.07, 6.45) is 0.184. The largest absolute Gasteiger partial charge is 0.326 e. The Morgan fingerprint density at radius 1 is 1.07 bits per heavy atom. The summed E-state index contributed by atoms with van der Waals surface area (Å²) < 4.78 is 0. The van der Waals surface area contributed by atoms with E-state index in [0.29, 0.717) is 17.4 Å². The Morgan fingerprint density at radius 2 is 1.80 bits per heavy atom. The van der Waals surface area contributed by atoms with Crippen molar-refractivity contribution in [2.75, 3.05) is 22.1 Å². The highest BCUT2D eigenvalue weighted by atomic mass is 32.1. The van der Waals surface area contributed by atoms with Crippen LogP contribution in [0.15, 0.2) is 60.0 Å². The average molecular weight is 420 g/mol. The quantitative estimate of drug-likeness (QED) is 0.657. The number of rotatable bonds is 5. The molecule has 1 aliphatic rings. The molecule has 152 valence electrons. The molecule has 0 aliphatic carbocycles. The van der Waals surface area contributed by atoms with Gasteiger partial charge in [0, 0.05) is 42.2 Å². The lowest BCUT2D eigenvalue weighted by molar-refractivity contribution is -0.122. The molecule has 2 aromatic carbocycles. The standard InChI is InChI=1S/C22H20N4O3S/c1-14(27)23-17-9-7-15(8-10-17)19-13-30-22(24-19)25-21(29)16-11-20(28)26(12-16)18-5-3-2-4-6-18/h2-10,13,16H,11-12H2,1H3,(H,23,27)(H,24,25,29). The fraction of sp³-hybridized carbons (Fsp3) is 0.182. The van der Waals surface area contributed by atoms with Gasteiger partial charge in [-0.2, -0.15) is 0 Å². The molecule has 2 N–H and O–H groups in total. The van der Waals surface area contributed by atoms with Crippen LogP contribution in [-0.4, -0.2) is 29.3 Å². The first kappa shape index (κ1) is 19.8. The summed E-state index contributed by atoms with van der Waals surface area (Å²) in [6.45, 7) is 1.82. The number of nitrogens with zero attached hydrogens (tertiary/aromatic N) is 2. The summed E-state index contributed by atoms with van der Waals surface area (Å²) in [5.41, 5.74) is 3.13. The Balaban J connectivity index is 1.39. The Bertz CT molecular complexity index is 1080. The van der Waals surface area contributed by atoms with Crippen molar-refractivity contribution < 1.29 is 14.4 Å². The number of nitrogens with one attached hydrogen (secondary N) is 2. The minimum absolute atomic E-state index is 0.0552. The van der Waals surface area contributed by atoms with Crippen LogP contribution in [0.3, 0.4) is 0 Å². The zero-order valence-electron chi connectivity index (χ0n) is 16.3.